The smallest absolute Gasteiger partial charge is 0.191 e. The fourth-order valence-corrected chi connectivity index (χ4v) is 1.93. The molecule has 0 heterocycles. The predicted molar refractivity (Wildman–Crippen MR) is 88.8 cm³/mol. The lowest BCUT2D eigenvalue weighted by atomic mass is 10.1. The first-order valence-corrected chi connectivity index (χ1v) is 6.43. The number of nitrogens with two attached hydrogens (primary N) is 1. The Bertz CT molecular complexity index is 448. The van der Waals surface area contributed by atoms with E-state index in [4.69, 9.17) is 10.5 Å². The van der Waals surface area contributed by atoms with Crippen LogP contribution in [0.15, 0.2) is 29.3 Å². The fourth-order valence-electron chi connectivity index (χ4n) is 1.93. The van der Waals surface area contributed by atoms with Gasteiger partial charge in [-0.15, -0.1) is 24.0 Å². The molecule has 2 N–H and O–H groups in total. The zero-order valence-corrected chi connectivity index (χ0v) is 14.1. The Hall–Kier alpha value is -0.890. The van der Waals surface area contributed by atoms with E-state index in [0.29, 0.717) is 18.5 Å². The first-order valence-electron chi connectivity index (χ1n) is 6.43. The van der Waals surface area contributed by atoms with Gasteiger partial charge in [-0.3, -0.25) is 4.99 Å². The fraction of sp³-hybridized carbons (Fsp3) is 0.500. The number of nitrogens with zero attached hydrogens (tertiary/aromatic N) is 2. The quantitative estimate of drug-likeness (QED) is 0.475. The molecular weight excluding hydrogens is 372 g/mol. The van der Waals surface area contributed by atoms with Gasteiger partial charge in [0, 0.05) is 20.2 Å². The average Bonchev–Trinajstić information content (AvgIpc) is 3.24. The third-order valence-corrected chi connectivity index (χ3v) is 3.40. The van der Waals surface area contributed by atoms with Crippen LogP contribution in [0.5, 0.6) is 0 Å². The molecule has 2 rings (SSSR count). The standard InChI is InChI=1S/C14H20FN3O.HI/c1-18(12-7-8-12)14(16)17-9-13(19-2)10-3-5-11(15)6-4-10;/h3-6,12-13H,7-9H2,1-2H3,(H2,16,17);1H. The highest BCUT2D eigenvalue weighted by molar-refractivity contribution is 14.0. The molecule has 0 bridgehead atoms. The van der Waals surface area contributed by atoms with Crippen molar-refractivity contribution < 1.29 is 9.13 Å². The Labute approximate surface area is 136 Å². The van der Waals surface area contributed by atoms with Crippen LogP contribution in [-0.4, -0.2) is 37.6 Å². The predicted octanol–water partition coefficient (Wildman–Crippen LogP) is 2.54. The number of hydrogen-bond acceptors (Lipinski definition) is 2. The van der Waals surface area contributed by atoms with Gasteiger partial charge in [0.2, 0.25) is 0 Å². The van der Waals surface area contributed by atoms with E-state index in [9.17, 15) is 4.39 Å². The topological polar surface area (TPSA) is 50.9 Å². The highest BCUT2D eigenvalue weighted by Crippen LogP contribution is 2.25. The Morgan fingerprint density at radius 3 is 2.55 bits per heavy atom. The first-order chi connectivity index (χ1) is 9.11. The third-order valence-electron chi connectivity index (χ3n) is 3.40. The van der Waals surface area contributed by atoms with Crippen molar-refractivity contribution in [1.82, 2.24) is 4.90 Å². The van der Waals surface area contributed by atoms with E-state index < -0.39 is 0 Å². The molecule has 112 valence electrons. The van der Waals surface area contributed by atoms with Crippen molar-refractivity contribution in [2.24, 2.45) is 10.7 Å². The van der Waals surface area contributed by atoms with Crippen molar-refractivity contribution >= 4 is 29.9 Å². The molecule has 1 atom stereocenters. The zero-order chi connectivity index (χ0) is 13.8. The molecule has 0 radical (unpaired) electrons. The van der Waals surface area contributed by atoms with E-state index in [1.54, 1.807) is 19.2 Å². The van der Waals surface area contributed by atoms with Gasteiger partial charge in [0.25, 0.3) is 0 Å². The Balaban J connectivity index is 0.00000200. The Kier molecular flexibility index (Phi) is 6.67. The molecular formula is C14H21FIN3O. The maximum Gasteiger partial charge on any atom is 0.191 e. The van der Waals surface area contributed by atoms with Gasteiger partial charge < -0.3 is 15.4 Å². The van der Waals surface area contributed by atoms with Gasteiger partial charge in [0.1, 0.15) is 11.9 Å². The maximum absolute atomic E-state index is 12.9. The van der Waals surface area contributed by atoms with Gasteiger partial charge >= 0.3 is 0 Å². The molecule has 1 aromatic rings. The van der Waals surface area contributed by atoms with Gasteiger partial charge in [-0.1, -0.05) is 12.1 Å². The lowest BCUT2D eigenvalue weighted by Gasteiger charge is -2.19. The van der Waals surface area contributed by atoms with Gasteiger partial charge in [-0.25, -0.2) is 4.39 Å². The molecule has 1 aromatic carbocycles. The average molecular weight is 393 g/mol. The molecule has 1 saturated carbocycles. The second-order valence-corrected chi connectivity index (χ2v) is 4.82. The second-order valence-electron chi connectivity index (χ2n) is 4.82. The summed E-state index contributed by atoms with van der Waals surface area (Å²) in [6.45, 7) is 0.436. The van der Waals surface area contributed by atoms with Gasteiger partial charge in [0.15, 0.2) is 5.96 Å². The number of methoxy groups -OCH3 is 1. The van der Waals surface area contributed by atoms with Crippen LogP contribution < -0.4 is 5.73 Å². The molecule has 4 nitrogen and oxygen atoms in total. The van der Waals surface area contributed by atoms with Gasteiger partial charge in [0.05, 0.1) is 6.54 Å². The normalized spacial score (nSPS) is 16.4. The molecule has 0 aromatic heterocycles. The highest BCUT2D eigenvalue weighted by atomic mass is 127. The molecule has 0 amide bonds. The molecule has 0 saturated heterocycles. The molecule has 20 heavy (non-hydrogen) atoms. The number of guanidine groups is 1. The van der Waals surface area contributed by atoms with Crippen molar-refractivity contribution in [1.29, 1.82) is 0 Å². The van der Waals surface area contributed by atoms with Crippen LogP contribution in [0.3, 0.4) is 0 Å². The summed E-state index contributed by atoms with van der Waals surface area (Å²) in [6.07, 6.45) is 2.16. The van der Waals surface area contributed by atoms with E-state index in [0.717, 1.165) is 5.56 Å². The number of benzene rings is 1. The highest BCUT2D eigenvalue weighted by Gasteiger charge is 2.27. The summed E-state index contributed by atoms with van der Waals surface area (Å²) in [4.78, 5) is 6.35. The van der Waals surface area contributed by atoms with Crippen molar-refractivity contribution in [2.45, 2.75) is 25.0 Å². The van der Waals surface area contributed by atoms with Crippen LogP contribution in [0.4, 0.5) is 4.39 Å². The van der Waals surface area contributed by atoms with Crippen LogP contribution >= 0.6 is 24.0 Å². The molecule has 0 spiro atoms. The van der Waals surface area contributed by atoms with E-state index in [1.807, 2.05) is 11.9 Å². The minimum absolute atomic E-state index is 0. The summed E-state index contributed by atoms with van der Waals surface area (Å²) in [5, 5.41) is 0. The third kappa shape index (κ3) is 4.59. The zero-order valence-electron chi connectivity index (χ0n) is 11.8. The van der Waals surface area contributed by atoms with Crippen molar-refractivity contribution in [3.05, 3.63) is 35.6 Å². The summed E-state index contributed by atoms with van der Waals surface area (Å²) < 4.78 is 18.3. The SMILES string of the molecule is COC(CN=C(N)N(C)C1CC1)c1ccc(F)cc1.I. The molecule has 6 heteroatoms. The van der Waals surface area contributed by atoms with Crippen LogP contribution in [0, 0.1) is 5.82 Å². The molecule has 1 fully saturated rings. The monoisotopic (exact) mass is 393 g/mol. The van der Waals surface area contributed by atoms with Crippen molar-refractivity contribution in [2.75, 3.05) is 20.7 Å². The number of rotatable bonds is 5. The van der Waals surface area contributed by atoms with Crippen molar-refractivity contribution in [3.8, 4) is 0 Å². The largest absolute Gasteiger partial charge is 0.375 e. The lowest BCUT2D eigenvalue weighted by molar-refractivity contribution is 0.110. The van der Waals surface area contributed by atoms with E-state index in [2.05, 4.69) is 4.99 Å². The molecule has 0 aliphatic heterocycles. The molecule has 1 aliphatic rings. The maximum atomic E-state index is 12.9. The van der Waals surface area contributed by atoms with Crippen LogP contribution in [0.2, 0.25) is 0 Å². The van der Waals surface area contributed by atoms with Gasteiger partial charge in [-0.05, 0) is 30.5 Å². The summed E-state index contributed by atoms with van der Waals surface area (Å²) in [5.74, 6) is 0.279. The molecule has 1 unspecified atom stereocenters. The summed E-state index contributed by atoms with van der Waals surface area (Å²) in [5.41, 5.74) is 6.82. The van der Waals surface area contributed by atoms with Crippen LogP contribution in [-0.2, 0) is 4.74 Å². The minimum Gasteiger partial charge on any atom is -0.375 e. The van der Waals surface area contributed by atoms with E-state index in [-0.39, 0.29) is 35.9 Å². The van der Waals surface area contributed by atoms with E-state index >= 15 is 0 Å². The summed E-state index contributed by atoms with van der Waals surface area (Å²) in [7, 11) is 3.57. The Morgan fingerprint density at radius 2 is 2.05 bits per heavy atom. The van der Waals surface area contributed by atoms with Crippen molar-refractivity contribution in [3.63, 3.8) is 0 Å². The number of hydrogen-bond donors (Lipinski definition) is 1. The lowest BCUT2D eigenvalue weighted by Crippen LogP contribution is -2.36. The summed E-state index contributed by atoms with van der Waals surface area (Å²) in [6, 6.07) is 6.80. The minimum atomic E-state index is -0.255. The number of ether oxygens (including phenoxy) is 1. The van der Waals surface area contributed by atoms with E-state index in [1.165, 1.54) is 25.0 Å². The molecule has 1 aliphatic carbocycles. The van der Waals surface area contributed by atoms with Crippen LogP contribution in [0.1, 0.15) is 24.5 Å². The Morgan fingerprint density at radius 1 is 1.45 bits per heavy atom. The number of halogens is 2. The number of aliphatic imine (C=N–C) groups is 1. The second kappa shape index (κ2) is 7.78. The summed E-state index contributed by atoms with van der Waals surface area (Å²) >= 11 is 0. The first kappa shape index (κ1) is 17.2. The van der Waals surface area contributed by atoms with Gasteiger partial charge in [-0.2, -0.15) is 0 Å². The van der Waals surface area contributed by atoms with Crippen LogP contribution in [0.25, 0.3) is 0 Å².